The summed E-state index contributed by atoms with van der Waals surface area (Å²) in [5.41, 5.74) is 6.37. The number of aliphatic imine (C=N–C) groups is 1. The van der Waals surface area contributed by atoms with E-state index in [-0.39, 0.29) is 5.91 Å². The molecule has 1 heterocycles. The van der Waals surface area contributed by atoms with E-state index in [1.54, 1.807) is 18.4 Å². The Bertz CT molecular complexity index is 1160. The van der Waals surface area contributed by atoms with Crippen LogP contribution in [-0.4, -0.2) is 19.2 Å². The van der Waals surface area contributed by atoms with Gasteiger partial charge in [-0.2, -0.15) is 0 Å². The Labute approximate surface area is 200 Å². The molecule has 0 spiro atoms. The third-order valence-corrected chi connectivity index (χ3v) is 7.44. The molecule has 0 atom stereocenters. The van der Waals surface area contributed by atoms with Crippen LogP contribution < -0.4 is 10.1 Å². The molecule has 4 rings (SSSR count). The summed E-state index contributed by atoms with van der Waals surface area (Å²) in [5, 5.41) is 3.93. The number of thiophene rings is 1. The Kier molecular flexibility index (Phi) is 7.29. The van der Waals surface area contributed by atoms with Crippen molar-refractivity contribution in [2.24, 2.45) is 4.99 Å². The lowest BCUT2D eigenvalue weighted by molar-refractivity contribution is 0.0951. The molecule has 0 fully saturated rings. The lowest BCUT2D eigenvalue weighted by Crippen LogP contribution is -2.24. The largest absolute Gasteiger partial charge is 0.496 e. The maximum absolute atomic E-state index is 13.3. The van der Waals surface area contributed by atoms with Gasteiger partial charge in [0.1, 0.15) is 10.8 Å². The van der Waals surface area contributed by atoms with Crippen molar-refractivity contribution in [3.05, 3.63) is 80.7 Å². The first kappa shape index (κ1) is 23.2. The minimum Gasteiger partial charge on any atom is -0.496 e. The number of carbonyl (C=O) groups excluding carboxylic acids is 1. The van der Waals surface area contributed by atoms with Gasteiger partial charge in [-0.05, 0) is 78.5 Å². The molecule has 172 valence electrons. The normalized spacial score (nSPS) is 13.4. The average molecular weight is 461 g/mol. The van der Waals surface area contributed by atoms with E-state index < -0.39 is 0 Å². The lowest BCUT2D eigenvalue weighted by atomic mass is 9.95. The molecule has 5 heteroatoms. The fourth-order valence-electron chi connectivity index (χ4n) is 4.35. The van der Waals surface area contributed by atoms with Gasteiger partial charge in [-0.1, -0.05) is 44.2 Å². The molecule has 2 aromatic carbocycles. The number of nitrogens with zero attached hydrogens (tertiary/aromatic N) is 1. The zero-order valence-corrected chi connectivity index (χ0v) is 20.7. The smallest absolute Gasteiger partial charge is 0.254 e. The number of amides is 1. The molecule has 0 saturated heterocycles. The van der Waals surface area contributed by atoms with Crippen LogP contribution in [0.5, 0.6) is 5.75 Å². The number of hydrogen-bond donors (Lipinski definition) is 1. The van der Waals surface area contributed by atoms with Crippen molar-refractivity contribution in [1.82, 2.24) is 5.32 Å². The first-order valence-corrected chi connectivity index (χ1v) is 12.5. The zero-order valence-electron chi connectivity index (χ0n) is 19.9. The number of aryl methyl sites for hydroxylation is 2. The van der Waals surface area contributed by atoms with Crippen LogP contribution >= 0.6 is 11.3 Å². The molecular weight excluding hydrogens is 428 g/mol. The van der Waals surface area contributed by atoms with Crippen molar-refractivity contribution in [3.8, 4) is 5.75 Å². The number of benzene rings is 2. The number of rotatable bonds is 7. The van der Waals surface area contributed by atoms with Crippen molar-refractivity contribution in [2.45, 2.75) is 58.9 Å². The summed E-state index contributed by atoms with van der Waals surface area (Å²) in [5.74, 6) is 1.23. The van der Waals surface area contributed by atoms with Gasteiger partial charge in [-0.25, -0.2) is 4.99 Å². The predicted octanol–water partition coefficient (Wildman–Crippen LogP) is 6.75. The second-order valence-corrected chi connectivity index (χ2v) is 10.0. The molecule has 4 nitrogen and oxygen atoms in total. The molecule has 0 bridgehead atoms. The van der Waals surface area contributed by atoms with Gasteiger partial charge >= 0.3 is 0 Å². The Morgan fingerprint density at radius 1 is 1.18 bits per heavy atom. The summed E-state index contributed by atoms with van der Waals surface area (Å²) in [7, 11) is 1.71. The fraction of sp³-hybridized carbons (Fsp3) is 0.357. The van der Waals surface area contributed by atoms with E-state index in [0.29, 0.717) is 12.5 Å². The van der Waals surface area contributed by atoms with Gasteiger partial charge in [0.25, 0.3) is 5.91 Å². The molecule has 33 heavy (non-hydrogen) atoms. The quantitative estimate of drug-likeness (QED) is 0.397. The van der Waals surface area contributed by atoms with Crippen LogP contribution in [0.3, 0.4) is 0 Å². The van der Waals surface area contributed by atoms with Crippen LogP contribution in [0.2, 0.25) is 0 Å². The average Bonchev–Trinajstić information content (AvgIpc) is 3.20. The van der Waals surface area contributed by atoms with Crippen molar-refractivity contribution in [3.63, 3.8) is 0 Å². The summed E-state index contributed by atoms with van der Waals surface area (Å²) in [6.45, 7) is 6.91. The zero-order chi connectivity index (χ0) is 23.4. The summed E-state index contributed by atoms with van der Waals surface area (Å²) < 4.78 is 5.58. The van der Waals surface area contributed by atoms with Crippen LogP contribution in [0.4, 0.5) is 5.00 Å². The van der Waals surface area contributed by atoms with Gasteiger partial charge in [0, 0.05) is 17.6 Å². The van der Waals surface area contributed by atoms with Crippen molar-refractivity contribution >= 4 is 28.5 Å². The number of nitrogens with one attached hydrogen (secondary N) is 1. The molecule has 1 amide bonds. The standard InChI is InChI=1S/C28H32N2O2S/c1-18(2)23-15-21(19(3)14-24(23)32-4)17-30-28-26(22-12-8-9-13-25(22)33-28)27(31)29-16-20-10-6-5-7-11-20/h5-7,10-11,14-15,17-18H,8-9,12-13,16H2,1-4H3,(H,29,31). The van der Waals surface area contributed by atoms with E-state index in [9.17, 15) is 4.79 Å². The number of methoxy groups -OCH3 is 1. The molecule has 3 aromatic rings. The van der Waals surface area contributed by atoms with Gasteiger partial charge in [0.15, 0.2) is 0 Å². The van der Waals surface area contributed by atoms with E-state index in [1.807, 2.05) is 36.5 Å². The lowest BCUT2D eigenvalue weighted by Gasteiger charge is -2.14. The Hall–Kier alpha value is -2.92. The van der Waals surface area contributed by atoms with E-state index in [4.69, 9.17) is 9.73 Å². The van der Waals surface area contributed by atoms with Gasteiger partial charge in [-0.3, -0.25) is 4.79 Å². The predicted molar refractivity (Wildman–Crippen MR) is 138 cm³/mol. The highest BCUT2D eigenvalue weighted by Gasteiger charge is 2.25. The Balaban J connectivity index is 1.65. The van der Waals surface area contributed by atoms with Crippen LogP contribution in [-0.2, 0) is 19.4 Å². The monoisotopic (exact) mass is 460 g/mol. The van der Waals surface area contributed by atoms with Crippen molar-refractivity contribution in [1.29, 1.82) is 0 Å². The maximum Gasteiger partial charge on any atom is 0.254 e. The number of hydrogen-bond acceptors (Lipinski definition) is 4. The summed E-state index contributed by atoms with van der Waals surface area (Å²) in [6, 6.07) is 14.3. The first-order chi connectivity index (χ1) is 16.0. The van der Waals surface area contributed by atoms with Gasteiger partial charge < -0.3 is 10.1 Å². The van der Waals surface area contributed by atoms with Gasteiger partial charge in [0.2, 0.25) is 0 Å². The minimum atomic E-state index is -0.0280. The van der Waals surface area contributed by atoms with Crippen LogP contribution in [0.1, 0.15) is 75.7 Å². The molecule has 1 aliphatic carbocycles. The third-order valence-electron chi connectivity index (χ3n) is 6.24. The summed E-state index contributed by atoms with van der Waals surface area (Å²) in [6.07, 6.45) is 6.20. The fourth-order valence-corrected chi connectivity index (χ4v) is 5.58. The molecule has 0 radical (unpaired) electrons. The maximum atomic E-state index is 13.3. The van der Waals surface area contributed by atoms with Crippen LogP contribution in [0.15, 0.2) is 47.5 Å². The molecule has 0 aliphatic heterocycles. The SMILES string of the molecule is COc1cc(C)c(C=Nc2sc3c(c2C(=O)NCc2ccccc2)CCCC3)cc1C(C)C. The number of carbonyl (C=O) groups is 1. The molecule has 0 saturated carbocycles. The highest BCUT2D eigenvalue weighted by atomic mass is 32.1. The second-order valence-electron chi connectivity index (χ2n) is 8.92. The molecule has 0 unspecified atom stereocenters. The topological polar surface area (TPSA) is 50.7 Å². The molecule has 1 aromatic heterocycles. The highest BCUT2D eigenvalue weighted by Crippen LogP contribution is 2.40. The Morgan fingerprint density at radius 2 is 1.94 bits per heavy atom. The highest BCUT2D eigenvalue weighted by molar-refractivity contribution is 7.16. The molecule has 1 N–H and O–H groups in total. The molecular formula is C28H32N2O2S. The minimum absolute atomic E-state index is 0.0280. The van der Waals surface area contributed by atoms with Crippen LogP contribution in [0.25, 0.3) is 0 Å². The van der Waals surface area contributed by atoms with E-state index >= 15 is 0 Å². The Morgan fingerprint density at radius 3 is 2.67 bits per heavy atom. The summed E-state index contributed by atoms with van der Waals surface area (Å²) >= 11 is 1.67. The van der Waals surface area contributed by atoms with Crippen molar-refractivity contribution in [2.75, 3.05) is 7.11 Å². The van der Waals surface area contributed by atoms with Crippen LogP contribution in [0, 0.1) is 6.92 Å². The van der Waals surface area contributed by atoms with E-state index in [1.165, 1.54) is 16.9 Å². The van der Waals surface area contributed by atoms with E-state index in [0.717, 1.165) is 57.8 Å². The second kappa shape index (κ2) is 10.3. The molecule has 1 aliphatic rings. The number of fused-ring (bicyclic) bond motifs is 1. The number of ether oxygens (including phenoxy) is 1. The van der Waals surface area contributed by atoms with Gasteiger partial charge in [0.05, 0.1) is 12.7 Å². The third kappa shape index (κ3) is 5.19. The van der Waals surface area contributed by atoms with E-state index in [2.05, 4.69) is 38.2 Å². The van der Waals surface area contributed by atoms with Gasteiger partial charge in [-0.15, -0.1) is 11.3 Å². The summed E-state index contributed by atoms with van der Waals surface area (Å²) in [4.78, 5) is 19.5. The first-order valence-electron chi connectivity index (χ1n) is 11.7. The van der Waals surface area contributed by atoms with Crippen molar-refractivity contribution < 1.29 is 9.53 Å².